The van der Waals surface area contributed by atoms with Crippen molar-refractivity contribution in [2.75, 3.05) is 0 Å². The van der Waals surface area contributed by atoms with E-state index >= 15 is 0 Å². The number of hydrogen-bond acceptors (Lipinski definition) is 2. The number of aliphatic imine (C=N–C) groups is 1. The number of nitrogens with one attached hydrogen (secondary N) is 1. The Morgan fingerprint density at radius 1 is 1.20 bits per heavy atom. The molecule has 0 saturated heterocycles. The second-order valence-corrected chi connectivity index (χ2v) is 3.62. The number of hydrogen-bond donors (Lipinski definition) is 1. The van der Waals surface area contributed by atoms with E-state index < -0.39 is 0 Å². The summed E-state index contributed by atoms with van der Waals surface area (Å²) in [6.07, 6.45) is 6.95. The van der Waals surface area contributed by atoms with Gasteiger partial charge in [0.1, 0.15) is 5.69 Å². The van der Waals surface area contributed by atoms with E-state index in [1.807, 2.05) is 12.2 Å². The topological polar surface area (TPSA) is 62.3 Å². The maximum Gasteiger partial charge on any atom is 0.294 e. The highest BCUT2D eigenvalue weighted by Gasteiger charge is 2.24. The number of Topliss-reactive ketones (excluding diaryl/α,β-unsaturated/α-hetero) is 1. The van der Waals surface area contributed by atoms with Crippen LogP contribution >= 0.6 is 0 Å². The van der Waals surface area contributed by atoms with Gasteiger partial charge >= 0.3 is 0 Å². The van der Waals surface area contributed by atoms with Crippen molar-refractivity contribution in [1.82, 2.24) is 4.98 Å². The fourth-order valence-corrected chi connectivity index (χ4v) is 2.02. The molecule has 0 unspecified atom stereocenters. The lowest BCUT2D eigenvalue weighted by Crippen LogP contribution is -2.29. The number of amides is 1. The molecule has 1 aromatic heterocycles. The molecular formula is C11H8N2O2. The third-order valence-corrected chi connectivity index (χ3v) is 2.69. The molecule has 4 nitrogen and oxygen atoms in total. The lowest BCUT2D eigenvalue weighted by Gasteiger charge is -2.01. The van der Waals surface area contributed by atoms with Gasteiger partial charge in [-0.25, -0.2) is 4.99 Å². The molecule has 0 spiro atoms. The van der Waals surface area contributed by atoms with Crippen molar-refractivity contribution in [1.29, 1.82) is 0 Å². The Labute approximate surface area is 85.0 Å². The van der Waals surface area contributed by atoms with Crippen LogP contribution in [-0.2, 0) is 0 Å². The lowest BCUT2D eigenvalue weighted by atomic mass is 10.0. The highest BCUT2D eigenvalue weighted by atomic mass is 16.2. The van der Waals surface area contributed by atoms with Gasteiger partial charge < -0.3 is 4.98 Å². The molecule has 0 atom stereocenters. The van der Waals surface area contributed by atoms with Crippen LogP contribution in [0.15, 0.2) is 4.99 Å². The summed E-state index contributed by atoms with van der Waals surface area (Å²) in [4.78, 5) is 29.5. The number of fused-ring (bicyclic) bond motifs is 3. The maximum atomic E-state index is 11.6. The molecule has 0 bridgehead atoms. The van der Waals surface area contributed by atoms with Crippen LogP contribution in [0, 0.1) is 0 Å². The Hall–Kier alpha value is -1.97. The minimum absolute atomic E-state index is 0.186. The van der Waals surface area contributed by atoms with Crippen LogP contribution < -0.4 is 10.6 Å². The van der Waals surface area contributed by atoms with Gasteiger partial charge in [-0.2, -0.15) is 0 Å². The summed E-state index contributed by atoms with van der Waals surface area (Å²) in [6, 6.07) is 0. The van der Waals surface area contributed by atoms with E-state index in [-0.39, 0.29) is 11.7 Å². The lowest BCUT2D eigenvalue weighted by molar-refractivity contribution is 0.0973. The summed E-state index contributed by atoms with van der Waals surface area (Å²) in [5, 5.41) is 1.74. The average Bonchev–Trinajstić information content (AvgIpc) is 2.64. The second kappa shape index (κ2) is 2.76. The van der Waals surface area contributed by atoms with Gasteiger partial charge in [0, 0.05) is 10.6 Å². The van der Waals surface area contributed by atoms with Gasteiger partial charge in [0.2, 0.25) is 5.78 Å². The summed E-state index contributed by atoms with van der Waals surface area (Å²) < 4.78 is 0. The highest BCUT2D eigenvalue weighted by Crippen LogP contribution is 2.08. The monoisotopic (exact) mass is 200 g/mol. The van der Waals surface area contributed by atoms with E-state index in [0.717, 1.165) is 29.6 Å². The van der Waals surface area contributed by atoms with Crippen molar-refractivity contribution in [3.05, 3.63) is 21.8 Å². The predicted molar refractivity (Wildman–Crippen MR) is 55.4 cm³/mol. The maximum absolute atomic E-state index is 11.6. The summed E-state index contributed by atoms with van der Waals surface area (Å²) >= 11 is 0. The number of nitrogens with zero attached hydrogens (tertiary/aromatic N) is 1. The van der Waals surface area contributed by atoms with Crippen LogP contribution in [-0.4, -0.2) is 22.9 Å². The van der Waals surface area contributed by atoms with Crippen LogP contribution in [0.2, 0.25) is 0 Å². The molecule has 2 heterocycles. The van der Waals surface area contributed by atoms with E-state index in [9.17, 15) is 9.59 Å². The average molecular weight is 200 g/mol. The number of rotatable bonds is 0. The summed E-state index contributed by atoms with van der Waals surface area (Å²) in [7, 11) is 0. The number of aromatic nitrogens is 1. The number of H-pyrrole nitrogens is 1. The summed E-state index contributed by atoms with van der Waals surface area (Å²) in [5.41, 5.74) is 0.822. The number of ketones is 1. The Bertz CT molecular complexity index is 620. The Kier molecular flexibility index (Phi) is 1.54. The van der Waals surface area contributed by atoms with Gasteiger partial charge in [-0.3, -0.25) is 9.59 Å². The van der Waals surface area contributed by atoms with Crippen LogP contribution in [0.3, 0.4) is 0 Å². The molecule has 0 fully saturated rings. The van der Waals surface area contributed by atoms with E-state index in [0.29, 0.717) is 11.3 Å². The molecular weight excluding hydrogens is 192 g/mol. The number of carbonyl (C=O) groups is 2. The largest absolute Gasteiger partial charge is 0.350 e. The van der Waals surface area contributed by atoms with Crippen molar-refractivity contribution in [3.8, 4) is 0 Å². The highest BCUT2D eigenvalue weighted by molar-refractivity contribution is 6.41. The minimum atomic E-state index is -0.360. The van der Waals surface area contributed by atoms with Crippen LogP contribution in [0.25, 0.3) is 12.2 Å². The smallest absolute Gasteiger partial charge is 0.294 e. The van der Waals surface area contributed by atoms with Crippen LogP contribution in [0.4, 0.5) is 0 Å². The van der Waals surface area contributed by atoms with Crippen molar-refractivity contribution in [2.45, 2.75) is 12.8 Å². The second-order valence-electron chi connectivity index (χ2n) is 3.62. The fraction of sp³-hybridized carbons (Fsp3) is 0.182. The summed E-state index contributed by atoms with van der Waals surface area (Å²) in [5.74, 6) is -0.547. The Balaban J connectivity index is 2.46. The number of carbonyl (C=O) groups excluding carboxylic acids is 2. The molecule has 15 heavy (non-hydrogen) atoms. The van der Waals surface area contributed by atoms with Crippen molar-refractivity contribution >= 4 is 30.1 Å². The minimum Gasteiger partial charge on any atom is -0.350 e. The van der Waals surface area contributed by atoms with E-state index in [2.05, 4.69) is 9.98 Å². The molecule has 2 aliphatic rings. The van der Waals surface area contributed by atoms with Gasteiger partial charge in [0.05, 0.1) is 11.8 Å². The van der Waals surface area contributed by atoms with Crippen molar-refractivity contribution in [2.24, 2.45) is 4.99 Å². The first kappa shape index (κ1) is 8.35. The van der Waals surface area contributed by atoms with Gasteiger partial charge in [-0.05, 0) is 12.8 Å². The van der Waals surface area contributed by atoms with Gasteiger partial charge in [-0.15, -0.1) is 0 Å². The molecule has 0 saturated carbocycles. The van der Waals surface area contributed by atoms with Gasteiger partial charge in [0.25, 0.3) is 5.91 Å². The van der Waals surface area contributed by atoms with E-state index in [4.69, 9.17) is 0 Å². The molecule has 1 N–H and O–H groups in total. The van der Waals surface area contributed by atoms with Crippen molar-refractivity contribution < 1.29 is 9.59 Å². The molecule has 1 amide bonds. The third-order valence-electron chi connectivity index (χ3n) is 2.69. The van der Waals surface area contributed by atoms with E-state index in [1.54, 1.807) is 0 Å². The zero-order valence-corrected chi connectivity index (χ0v) is 7.91. The number of aromatic amines is 1. The standard InChI is InChI=1S/C11H8N2O2/c14-8-5-12-11(15)10-9(8)6-3-1-2-4-7(6)13-10/h3-5,13H,1-2H2. The Morgan fingerprint density at radius 2 is 2.00 bits per heavy atom. The molecule has 74 valence electrons. The SMILES string of the molecule is O=C1N=CC(=O)c2c1[nH]c1c2=CCCC=1. The van der Waals surface area contributed by atoms with Crippen LogP contribution in [0.1, 0.15) is 33.7 Å². The Morgan fingerprint density at radius 3 is 2.87 bits per heavy atom. The first-order chi connectivity index (χ1) is 7.27. The first-order valence-corrected chi connectivity index (χ1v) is 4.82. The van der Waals surface area contributed by atoms with Crippen LogP contribution in [0.5, 0.6) is 0 Å². The van der Waals surface area contributed by atoms with Gasteiger partial charge in [-0.1, -0.05) is 12.2 Å². The molecule has 1 aromatic rings. The van der Waals surface area contributed by atoms with Gasteiger partial charge in [0.15, 0.2) is 0 Å². The summed E-state index contributed by atoms with van der Waals surface area (Å²) in [6.45, 7) is 0. The molecule has 4 heteroatoms. The molecule has 1 aliphatic carbocycles. The zero-order chi connectivity index (χ0) is 10.4. The van der Waals surface area contributed by atoms with Crippen molar-refractivity contribution in [3.63, 3.8) is 0 Å². The zero-order valence-electron chi connectivity index (χ0n) is 7.91. The molecule has 1 aliphatic heterocycles. The van der Waals surface area contributed by atoms with E-state index in [1.165, 1.54) is 0 Å². The molecule has 3 rings (SSSR count). The normalized spacial score (nSPS) is 17.9. The predicted octanol–water partition coefficient (Wildman–Crippen LogP) is -0.223. The molecule has 0 radical (unpaired) electrons. The first-order valence-electron chi connectivity index (χ1n) is 4.82. The fourth-order valence-electron chi connectivity index (χ4n) is 2.02. The third kappa shape index (κ3) is 1.05. The quantitative estimate of drug-likeness (QED) is 0.629. The molecule has 0 aromatic carbocycles.